The van der Waals surface area contributed by atoms with Crippen LogP contribution in [-0.2, 0) is 11.3 Å². The van der Waals surface area contributed by atoms with E-state index in [1.165, 1.54) is 0 Å². The molecule has 0 saturated carbocycles. The Morgan fingerprint density at radius 1 is 1.59 bits per heavy atom. The highest BCUT2D eigenvalue weighted by Crippen LogP contribution is 2.16. The van der Waals surface area contributed by atoms with E-state index >= 15 is 0 Å². The standard InChI is InChI=1S/C12H21N3O2/c1-9-4-10(5-13)6-14-12(9)15(2)7-11(16)8-17-3/h4,6,11,16H,5,7-8,13H2,1-3H3. The average Bonchev–Trinajstić information content (AvgIpc) is 2.28. The maximum atomic E-state index is 9.66. The maximum Gasteiger partial charge on any atom is 0.131 e. The topological polar surface area (TPSA) is 71.6 Å². The average molecular weight is 239 g/mol. The molecule has 0 radical (unpaired) electrons. The molecule has 1 rings (SSSR count). The molecular weight excluding hydrogens is 218 g/mol. The second kappa shape index (κ2) is 6.54. The van der Waals surface area contributed by atoms with E-state index in [9.17, 15) is 5.11 Å². The third-order valence-electron chi connectivity index (χ3n) is 2.55. The van der Waals surface area contributed by atoms with Gasteiger partial charge in [-0.2, -0.15) is 0 Å². The van der Waals surface area contributed by atoms with Gasteiger partial charge in [-0.1, -0.05) is 0 Å². The van der Waals surface area contributed by atoms with Gasteiger partial charge in [0.2, 0.25) is 0 Å². The molecule has 1 unspecified atom stereocenters. The monoisotopic (exact) mass is 239 g/mol. The molecule has 0 aliphatic heterocycles. The first kappa shape index (κ1) is 13.9. The third kappa shape index (κ3) is 3.96. The lowest BCUT2D eigenvalue weighted by Crippen LogP contribution is -2.32. The van der Waals surface area contributed by atoms with Crippen LogP contribution in [0.2, 0.25) is 0 Å². The molecule has 1 aromatic rings. The van der Waals surface area contributed by atoms with Gasteiger partial charge in [-0.3, -0.25) is 0 Å². The van der Waals surface area contributed by atoms with Crippen molar-refractivity contribution in [2.45, 2.75) is 19.6 Å². The number of aliphatic hydroxyl groups excluding tert-OH is 1. The van der Waals surface area contributed by atoms with Crippen molar-refractivity contribution in [1.82, 2.24) is 4.98 Å². The van der Waals surface area contributed by atoms with E-state index in [1.54, 1.807) is 13.3 Å². The Kier molecular flexibility index (Phi) is 5.34. The lowest BCUT2D eigenvalue weighted by atomic mass is 10.2. The number of likely N-dealkylation sites (N-methyl/N-ethyl adjacent to an activating group) is 1. The predicted octanol–water partition coefficient (Wildman–Crippen LogP) is 0.292. The van der Waals surface area contributed by atoms with Gasteiger partial charge in [0.05, 0.1) is 12.7 Å². The fourth-order valence-electron chi connectivity index (χ4n) is 1.78. The smallest absolute Gasteiger partial charge is 0.131 e. The number of ether oxygens (including phenoxy) is 1. The van der Waals surface area contributed by atoms with E-state index in [2.05, 4.69) is 4.98 Å². The van der Waals surface area contributed by atoms with Gasteiger partial charge in [0.25, 0.3) is 0 Å². The lowest BCUT2D eigenvalue weighted by Gasteiger charge is -2.23. The van der Waals surface area contributed by atoms with E-state index in [0.29, 0.717) is 19.7 Å². The molecule has 0 amide bonds. The Balaban J connectivity index is 2.71. The number of aromatic nitrogens is 1. The van der Waals surface area contributed by atoms with Crippen LogP contribution >= 0.6 is 0 Å². The highest BCUT2D eigenvalue weighted by molar-refractivity contribution is 5.46. The zero-order valence-corrected chi connectivity index (χ0v) is 10.7. The molecule has 0 bridgehead atoms. The quantitative estimate of drug-likeness (QED) is 0.746. The molecule has 1 atom stereocenters. The minimum absolute atomic E-state index is 0.324. The fraction of sp³-hybridized carbons (Fsp3) is 0.583. The molecule has 3 N–H and O–H groups in total. The molecule has 0 fully saturated rings. The van der Waals surface area contributed by atoms with Crippen LogP contribution in [0.4, 0.5) is 5.82 Å². The van der Waals surface area contributed by atoms with Crippen molar-refractivity contribution in [3.05, 3.63) is 23.4 Å². The summed E-state index contributed by atoms with van der Waals surface area (Å²) in [5.41, 5.74) is 7.62. The Labute approximate surface area is 102 Å². The van der Waals surface area contributed by atoms with Crippen molar-refractivity contribution < 1.29 is 9.84 Å². The highest BCUT2D eigenvalue weighted by atomic mass is 16.5. The highest BCUT2D eigenvalue weighted by Gasteiger charge is 2.11. The van der Waals surface area contributed by atoms with E-state index in [0.717, 1.165) is 16.9 Å². The van der Waals surface area contributed by atoms with Gasteiger partial charge in [0.1, 0.15) is 5.82 Å². The van der Waals surface area contributed by atoms with E-state index in [-0.39, 0.29) is 0 Å². The first-order valence-electron chi connectivity index (χ1n) is 5.62. The minimum Gasteiger partial charge on any atom is -0.389 e. The molecule has 0 saturated heterocycles. The number of nitrogens with two attached hydrogens (primary N) is 1. The molecule has 5 nitrogen and oxygen atoms in total. The normalized spacial score (nSPS) is 12.5. The van der Waals surface area contributed by atoms with Gasteiger partial charge >= 0.3 is 0 Å². The van der Waals surface area contributed by atoms with Crippen molar-refractivity contribution in [2.24, 2.45) is 5.73 Å². The number of pyridine rings is 1. The van der Waals surface area contributed by atoms with Crippen LogP contribution in [0.1, 0.15) is 11.1 Å². The Morgan fingerprint density at radius 2 is 2.29 bits per heavy atom. The molecule has 96 valence electrons. The number of nitrogens with zero attached hydrogens (tertiary/aromatic N) is 2. The van der Waals surface area contributed by atoms with Gasteiger partial charge < -0.3 is 20.5 Å². The summed E-state index contributed by atoms with van der Waals surface area (Å²) >= 11 is 0. The number of hydrogen-bond acceptors (Lipinski definition) is 5. The number of hydrogen-bond donors (Lipinski definition) is 2. The van der Waals surface area contributed by atoms with Gasteiger partial charge in [0.15, 0.2) is 0 Å². The summed E-state index contributed by atoms with van der Waals surface area (Å²) in [6.45, 7) is 3.29. The van der Waals surface area contributed by atoms with Crippen molar-refractivity contribution >= 4 is 5.82 Å². The summed E-state index contributed by atoms with van der Waals surface area (Å²) < 4.78 is 4.89. The van der Waals surface area contributed by atoms with Gasteiger partial charge in [-0.05, 0) is 24.1 Å². The number of rotatable bonds is 6. The van der Waals surface area contributed by atoms with Crippen molar-refractivity contribution in [3.63, 3.8) is 0 Å². The van der Waals surface area contributed by atoms with Crippen LogP contribution < -0.4 is 10.6 Å². The zero-order valence-electron chi connectivity index (χ0n) is 10.7. The zero-order chi connectivity index (χ0) is 12.8. The molecule has 0 aliphatic rings. The van der Waals surface area contributed by atoms with E-state index in [4.69, 9.17) is 10.5 Å². The summed E-state index contributed by atoms with van der Waals surface area (Å²) in [6, 6.07) is 2.02. The summed E-state index contributed by atoms with van der Waals surface area (Å²) in [6.07, 6.45) is 1.25. The second-order valence-electron chi connectivity index (χ2n) is 4.18. The molecule has 17 heavy (non-hydrogen) atoms. The minimum atomic E-state index is -0.514. The van der Waals surface area contributed by atoms with Crippen LogP contribution in [0, 0.1) is 6.92 Å². The second-order valence-corrected chi connectivity index (χ2v) is 4.18. The van der Waals surface area contributed by atoms with Crippen molar-refractivity contribution in [1.29, 1.82) is 0 Å². The predicted molar refractivity (Wildman–Crippen MR) is 68.0 cm³/mol. The van der Waals surface area contributed by atoms with Crippen LogP contribution in [0.15, 0.2) is 12.3 Å². The molecule has 1 aromatic heterocycles. The molecule has 0 aliphatic carbocycles. The molecular formula is C12H21N3O2. The van der Waals surface area contributed by atoms with E-state index < -0.39 is 6.10 Å². The SMILES string of the molecule is COCC(O)CN(C)c1ncc(CN)cc1C. The summed E-state index contributed by atoms with van der Waals surface area (Å²) in [7, 11) is 3.47. The van der Waals surface area contributed by atoms with Gasteiger partial charge in [-0.25, -0.2) is 4.98 Å². The van der Waals surface area contributed by atoms with Crippen LogP contribution in [0.25, 0.3) is 0 Å². The third-order valence-corrected chi connectivity index (χ3v) is 2.55. The number of methoxy groups -OCH3 is 1. The maximum absolute atomic E-state index is 9.66. The van der Waals surface area contributed by atoms with Gasteiger partial charge in [0, 0.05) is 33.4 Å². The fourth-order valence-corrected chi connectivity index (χ4v) is 1.78. The van der Waals surface area contributed by atoms with Crippen molar-refractivity contribution in [2.75, 3.05) is 32.2 Å². The molecule has 0 aromatic carbocycles. The Hall–Kier alpha value is -1.17. The number of anilines is 1. The van der Waals surface area contributed by atoms with Gasteiger partial charge in [-0.15, -0.1) is 0 Å². The Morgan fingerprint density at radius 3 is 2.82 bits per heavy atom. The lowest BCUT2D eigenvalue weighted by molar-refractivity contribution is 0.0694. The molecule has 5 heteroatoms. The van der Waals surface area contributed by atoms with Crippen LogP contribution in [-0.4, -0.2) is 43.5 Å². The van der Waals surface area contributed by atoms with Crippen molar-refractivity contribution in [3.8, 4) is 0 Å². The summed E-state index contributed by atoms with van der Waals surface area (Å²) in [5.74, 6) is 0.859. The Bertz CT molecular complexity index is 358. The largest absolute Gasteiger partial charge is 0.389 e. The molecule has 0 spiro atoms. The first-order valence-corrected chi connectivity index (χ1v) is 5.62. The first-order chi connectivity index (χ1) is 8.08. The number of aliphatic hydroxyl groups is 1. The summed E-state index contributed by atoms with van der Waals surface area (Å²) in [4.78, 5) is 6.27. The van der Waals surface area contributed by atoms with Crippen LogP contribution in [0.5, 0.6) is 0 Å². The molecule has 1 heterocycles. The van der Waals surface area contributed by atoms with Crippen LogP contribution in [0.3, 0.4) is 0 Å². The number of aryl methyl sites for hydroxylation is 1. The van der Waals surface area contributed by atoms with E-state index in [1.807, 2.05) is 24.9 Å². The summed E-state index contributed by atoms with van der Waals surface area (Å²) in [5, 5.41) is 9.66.